The van der Waals surface area contributed by atoms with Crippen molar-refractivity contribution < 1.29 is 4.89 Å². The van der Waals surface area contributed by atoms with Crippen LogP contribution in [0.4, 0.5) is 0 Å². The van der Waals surface area contributed by atoms with E-state index in [4.69, 9.17) is 4.76 Å². The van der Waals surface area contributed by atoms with Gasteiger partial charge in [-0.15, -0.1) is 0 Å². The van der Waals surface area contributed by atoms with Gasteiger partial charge in [-0.1, -0.05) is 43.1 Å². The highest BCUT2D eigenvalue weighted by Gasteiger charge is 2.44. The fraction of sp³-hybridized carbons (Fsp3) is 0.480. The number of benzene rings is 2. The average molecular weight is 397 g/mol. The molecule has 0 amide bonds. The Kier molecular flexibility index (Phi) is 6.73. The zero-order valence-corrected chi connectivity index (χ0v) is 19.0. The maximum Gasteiger partial charge on any atom is 0.322 e. The molecule has 28 heavy (non-hydrogen) atoms. The van der Waals surface area contributed by atoms with Gasteiger partial charge in [-0.05, 0) is 93.5 Å². The Morgan fingerprint density at radius 3 is 1.64 bits per heavy atom. The molecule has 1 aliphatic carbocycles. The Bertz CT molecular complexity index is 773. The van der Waals surface area contributed by atoms with Crippen LogP contribution in [0, 0.1) is 33.6 Å². The van der Waals surface area contributed by atoms with Crippen LogP contribution in [-0.2, 0) is 0 Å². The Morgan fingerprint density at radius 2 is 1.25 bits per heavy atom. The van der Waals surface area contributed by atoms with E-state index in [1.165, 1.54) is 60.1 Å². The first-order valence-electron chi connectivity index (χ1n) is 10.7. The van der Waals surface area contributed by atoms with Crippen molar-refractivity contribution in [1.82, 2.24) is 0 Å². The lowest BCUT2D eigenvalue weighted by Gasteiger charge is -2.24. The summed E-state index contributed by atoms with van der Waals surface area (Å²) in [6.07, 6.45) is 7.25. The Hall–Kier alpha value is -1.50. The summed E-state index contributed by atoms with van der Waals surface area (Å²) >= 11 is 0. The predicted octanol–water partition coefficient (Wildman–Crippen LogP) is 6.14. The van der Waals surface area contributed by atoms with Crippen molar-refractivity contribution in [2.24, 2.45) is 10.7 Å². The van der Waals surface area contributed by atoms with E-state index in [0.717, 1.165) is 17.0 Å². The van der Waals surface area contributed by atoms with E-state index in [0.29, 0.717) is 5.92 Å². The van der Waals surface area contributed by atoms with Crippen LogP contribution in [0.15, 0.2) is 41.2 Å². The van der Waals surface area contributed by atoms with Gasteiger partial charge in [0.25, 0.3) is 0 Å². The Balaban J connectivity index is 2.19. The molecule has 2 aromatic rings. The molecule has 0 spiro atoms. The number of aryl methyl sites for hydroxylation is 4. The van der Waals surface area contributed by atoms with Crippen molar-refractivity contribution in [3.63, 3.8) is 0 Å². The first-order chi connectivity index (χ1) is 13.3. The zero-order chi connectivity index (χ0) is 20.3. The average Bonchev–Trinajstić information content (AvgIpc) is 2.65. The summed E-state index contributed by atoms with van der Waals surface area (Å²) in [4.78, 5) is 12.2. The number of hydrogen-bond acceptors (Lipinski definition) is 2. The maximum absolute atomic E-state index is 12.2. The van der Waals surface area contributed by atoms with Crippen LogP contribution in [0.2, 0.25) is 0 Å². The quantitative estimate of drug-likeness (QED) is 0.478. The SMILES string of the molecule is CC/C(=N\[P+](O)(c1cc(C)cc(C)c1)c1cc(C)cc(C)c1)C1CCCCC1. The highest BCUT2D eigenvalue weighted by molar-refractivity contribution is 7.83. The maximum atomic E-state index is 12.2. The molecule has 2 aromatic carbocycles. The van der Waals surface area contributed by atoms with E-state index >= 15 is 0 Å². The minimum absolute atomic E-state index is 0.530. The second-order valence-electron chi connectivity index (χ2n) is 8.57. The van der Waals surface area contributed by atoms with Crippen molar-refractivity contribution in [3.05, 3.63) is 58.7 Å². The topological polar surface area (TPSA) is 32.6 Å². The molecule has 3 rings (SSSR count). The fourth-order valence-electron chi connectivity index (χ4n) is 4.59. The van der Waals surface area contributed by atoms with Gasteiger partial charge in [-0.25, -0.2) is 4.89 Å². The highest BCUT2D eigenvalue weighted by Crippen LogP contribution is 2.55. The number of nitrogens with zero attached hydrogens (tertiary/aromatic N) is 1. The van der Waals surface area contributed by atoms with Crippen LogP contribution in [0.25, 0.3) is 0 Å². The molecule has 1 N–H and O–H groups in total. The molecule has 150 valence electrons. The van der Waals surface area contributed by atoms with Gasteiger partial charge >= 0.3 is 7.64 Å². The van der Waals surface area contributed by atoms with Crippen molar-refractivity contribution in [2.45, 2.75) is 73.1 Å². The Morgan fingerprint density at radius 1 is 0.821 bits per heavy atom. The van der Waals surface area contributed by atoms with Crippen LogP contribution in [0.5, 0.6) is 0 Å². The van der Waals surface area contributed by atoms with Crippen LogP contribution >= 0.6 is 7.64 Å². The van der Waals surface area contributed by atoms with E-state index in [2.05, 4.69) is 71.0 Å². The number of hydrogen-bond donors (Lipinski definition) is 1. The Labute approximate surface area is 171 Å². The lowest BCUT2D eigenvalue weighted by molar-refractivity contribution is 0.436. The van der Waals surface area contributed by atoms with Gasteiger partial charge in [0, 0.05) is 5.92 Å². The molecule has 0 aromatic heterocycles. The summed E-state index contributed by atoms with van der Waals surface area (Å²) in [7, 11) is -2.83. The third kappa shape index (κ3) is 4.73. The van der Waals surface area contributed by atoms with Gasteiger partial charge in [0.15, 0.2) is 10.6 Å². The lowest BCUT2D eigenvalue weighted by Crippen LogP contribution is -2.25. The van der Waals surface area contributed by atoms with Gasteiger partial charge in [0.2, 0.25) is 0 Å². The monoisotopic (exact) mass is 396 g/mol. The summed E-state index contributed by atoms with van der Waals surface area (Å²) in [6, 6.07) is 12.9. The fourth-order valence-corrected chi connectivity index (χ4v) is 7.33. The second kappa shape index (κ2) is 8.89. The molecule has 1 saturated carbocycles. The first kappa shape index (κ1) is 21.2. The van der Waals surface area contributed by atoms with Gasteiger partial charge in [-0.3, -0.25) is 0 Å². The van der Waals surface area contributed by atoms with E-state index in [-0.39, 0.29) is 0 Å². The second-order valence-corrected chi connectivity index (χ2v) is 11.0. The lowest BCUT2D eigenvalue weighted by atomic mass is 9.85. The van der Waals surface area contributed by atoms with E-state index < -0.39 is 7.64 Å². The van der Waals surface area contributed by atoms with Crippen molar-refractivity contribution in [2.75, 3.05) is 0 Å². The van der Waals surface area contributed by atoms with Crippen molar-refractivity contribution in [3.8, 4) is 0 Å². The van der Waals surface area contributed by atoms with Crippen LogP contribution in [-0.4, -0.2) is 10.6 Å². The molecule has 1 fully saturated rings. The molecular weight excluding hydrogens is 361 g/mol. The normalized spacial score (nSPS) is 16.4. The first-order valence-corrected chi connectivity index (χ1v) is 12.4. The molecule has 1 aliphatic rings. The summed E-state index contributed by atoms with van der Waals surface area (Å²) in [5, 5.41) is 1.97. The molecular formula is C25H35NOP+. The molecule has 0 bridgehead atoms. The van der Waals surface area contributed by atoms with Gasteiger partial charge in [-0.2, -0.15) is 0 Å². The molecule has 0 unspecified atom stereocenters. The van der Waals surface area contributed by atoms with Gasteiger partial charge in [0.1, 0.15) is 0 Å². The minimum atomic E-state index is -2.83. The summed E-state index contributed by atoms with van der Waals surface area (Å²) < 4.78 is 5.24. The van der Waals surface area contributed by atoms with E-state index in [1.807, 2.05) is 0 Å². The van der Waals surface area contributed by atoms with Crippen molar-refractivity contribution in [1.29, 1.82) is 0 Å². The molecule has 2 nitrogen and oxygen atoms in total. The molecule has 0 heterocycles. The molecule has 0 atom stereocenters. The van der Waals surface area contributed by atoms with Crippen molar-refractivity contribution >= 4 is 24.0 Å². The largest absolute Gasteiger partial charge is 0.322 e. The van der Waals surface area contributed by atoms with Crippen LogP contribution in [0.3, 0.4) is 0 Å². The van der Waals surface area contributed by atoms with Gasteiger partial charge < -0.3 is 0 Å². The van der Waals surface area contributed by atoms with Crippen LogP contribution < -0.4 is 10.6 Å². The smallest absolute Gasteiger partial charge is 0.214 e. The standard InChI is InChI=1S/C25H35NOP/c1-6-25(22-10-8-7-9-11-22)26-28(27,23-14-18(2)12-19(3)15-23)24-16-20(4)13-21(5)17-24/h12-17,22,27H,6-11H2,1-5H3/q+1/b26-25+. The van der Waals surface area contributed by atoms with Gasteiger partial charge in [0.05, 0.1) is 5.71 Å². The minimum Gasteiger partial charge on any atom is -0.214 e. The molecule has 0 radical (unpaired) electrons. The number of rotatable bonds is 5. The zero-order valence-electron chi connectivity index (χ0n) is 18.1. The predicted molar refractivity (Wildman–Crippen MR) is 125 cm³/mol. The van der Waals surface area contributed by atoms with Crippen LogP contribution in [0.1, 0.15) is 67.7 Å². The third-order valence-corrected chi connectivity index (χ3v) is 8.35. The summed E-state index contributed by atoms with van der Waals surface area (Å²) in [5.74, 6) is 0.530. The molecule has 3 heteroatoms. The summed E-state index contributed by atoms with van der Waals surface area (Å²) in [5.41, 5.74) is 5.95. The molecule has 0 aliphatic heterocycles. The highest BCUT2D eigenvalue weighted by atomic mass is 31.2. The van der Waals surface area contributed by atoms with E-state index in [9.17, 15) is 4.89 Å². The third-order valence-electron chi connectivity index (χ3n) is 5.84. The van der Waals surface area contributed by atoms with E-state index in [1.54, 1.807) is 0 Å². The molecule has 0 saturated heterocycles. The summed E-state index contributed by atoms with van der Waals surface area (Å²) in [6.45, 7) is 10.6.